The van der Waals surface area contributed by atoms with Crippen LogP contribution in [0.1, 0.15) is 13.8 Å². The second kappa shape index (κ2) is 4.89. The topological polar surface area (TPSA) is 14.2 Å². The van der Waals surface area contributed by atoms with Crippen molar-refractivity contribution in [3.05, 3.63) is 35.5 Å². The molecule has 0 saturated carbocycles. The molecule has 1 aromatic carbocycles. The van der Waals surface area contributed by atoms with Gasteiger partial charge in [-0.05, 0) is 38.1 Å². The van der Waals surface area contributed by atoms with E-state index in [1.165, 1.54) is 10.9 Å². The van der Waals surface area contributed by atoms with Gasteiger partial charge in [0.05, 0.1) is 12.7 Å². The number of benzene rings is 1. The van der Waals surface area contributed by atoms with Crippen LogP contribution >= 0.6 is 11.6 Å². The molecule has 0 atom stereocenters. The summed E-state index contributed by atoms with van der Waals surface area (Å²) in [6.45, 7) is 5.72. The molecule has 0 saturated heterocycles. The van der Waals surface area contributed by atoms with Gasteiger partial charge in [-0.15, -0.1) is 0 Å². The minimum atomic E-state index is 0.288. The van der Waals surface area contributed by atoms with Gasteiger partial charge in [0.15, 0.2) is 0 Å². The van der Waals surface area contributed by atoms with E-state index >= 15 is 0 Å². The molecule has 2 aromatic rings. The van der Waals surface area contributed by atoms with Gasteiger partial charge in [0, 0.05) is 28.7 Å². The highest BCUT2D eigenvalue weighted by Crippen LogP contribution is 2.20. The molecule has 0 fully saturated rings. The second-order valence-electron chi connectivity index (χ2n) is 4.13. The first kappa shape index (κ1) is 11.5. The first-order chi connectivity index (χ1) is 7.66. The molecule has 0 bridgehead atoms. The van der Waals surface area contributed by atoms with Crippen molar-refractivity contribution in [2.24, 2.45) is 0 Å². The number of aromatic nitrogens is 1. The number of hydrogen-bond donors (Lipinski definition) is 0. The number of ether oxygens (including phenoxy) is 1. The molecular weight excluding hydrogens is 222 g/mol. The Hall–Kier alpha value is -0.990. The standard InChI is InChI=1S/C13H16ClNO/c1-10(2)16-8-7-15-6-5-11-9-12(14)3-4-13(11)15/h3-6,9-10H,7-8H2,1-2H3. The monoisotopic (exact) mass is 237 g/mol. The fraction of sp³-hybridized carbons (Fsp3) is 0.385. The van der Waals surface area contributed by atoms with Gasteiger partial charge in [0.2, 0.25) is 0 Å². The summed E-state index contributed by atoms with van der Waals surface area (Å²) in [5.74, 6) is 0. The zero-order valence-corrected chi connectivity index (χ0v) is 10.4. The third kappa shape index (κ3) is 2.57. The molecule has 86 valence electrons. The van der Waals surface area contributed by atoms with Crippen LogP contribution in [-0.4, -0.2) is 17.3 Å². The molecule has 0 aliphatic heterocycles. The highest BCUT2D eigenvalue weighted by molar-refractivity contribution is 6.31. The van der Waals surface area contributed by atoms with Gasteiger partial charge in [0.25, 0.3) is 0 Å². The number of hydrogen-bond acceptors (Lipinski definition) is 1. The molecule has 0 N–H and O–H groups in total. The first-order valence-corrected chi connectivity index (χ1v) is 5.90. The number of fused-ring (bicyclic) bond motifs is 1. The van der Waals surface area contributed by atoms with E-state index in [0.717, 1.165) is 18.2 Å². The van der Waals surface area contributed by atoms with Crippen molar-refractivity contribution in [1.29, 1.82) is 0 Å². The Kier molecular flexibility index (Phi) is 3.52. The second-order valence-corrected chi connectivity index (χ2v) is 4.57. The summed E-state index contributed by atoms with van der Waals surface area (Å²) < 4.78 is 7.73. The van der Waals surface area contributed by atoms with E-state index in [4.69, 9.17) is 16.3 Å². The molecule has 0 unspecified atom stereocenters. The zero-order chi connectivity index (χ0) is 11.5. The molecule has 0 amide bonds. The largest absolute Gasteiger partial charge is 0.377 e. The molecule has 16 heavy (non-hydrogen) atoms. The summed E-state index contributed by atoms with van der Waals surface area (Å²) in [6, 6.07) is 8.03. The quantitative estimate of drug-likeness (QED) is 0.791. The third-order valence-corrected chi connectivity index (χ3v) is 2.75. The molecular formula is C13H16ClNO. The van der Waals surface area contributed by atoms with Crippen molar-refractivity contribution >= 4 is 22.5 Å². The van der Waals surface area contributed by atoms with E-state index in [1.807, 2.05) is 32.0 Å². The molecule has 0 spiro atoms. The maximum absolute atomic E-state index is 5.94. The fourth-order valence-corrected chi connectivity index (χ4v) is 1.93. The van der Waals surface area contributed by atoms with Crippen LogP contribution in [0, 0.1) is 0 Å². The normalized spacial score (nSPS) is 11.5. The van der Waals surface area contributed by atoms with Gasteiger partial charge in [-0.3, -0.25) is 0 Å². The summed E-state index contributed by atoms with van der Waals surface area (Å²) in [7, 11) is 0. The SMILES string of the molecule is CC(C)OCCn1ccc2cc(Cl)ccc21. The van der Waals surface area contributed by atoms with E-state index in [0.29, 0.717) is 0 Å². The van der Waals surface area contributed by atoms with Crippen LogP contribution in [0.25, 0.3) is 10.9 Å². The summed E-state index contributed by atoms with van der Waals surface area (Å²) in [5, 5.41) is 1.96. The Morgan fingerprint density at radius 2 is 2.12 bits per heavy atom. The summed E-state index contributed by atoms with van der Waals surface area (Å²) in [5.41, 5.74) is 1.21. The summed E-state index contributed by atoms with van der Waals surface area (Å²) in [4.78, 5) is 0. The number of nitrogens with zero attached hydrogens (tertiary/aromatic N) is 1. The predicted octanol–water partition coefficient (Wildman–Crippen LogP) is 3.72. The lowest BCUT2D eigenvalue weighted by Crippen LogP contribution is -2.09. The maximum atomic E-state index is 5.94. The van der Waals surface area contributed by atoms with Crippen LogP contribution in [0.2, 0.25) is 5.02 Å². The van der Waals surface area contributed by atoms with Crippen LogP contribution in [-0.2, 0) is 11.3 Å². The molecule has 0 aliphatic carbocycles. The molecule has 0 radical (unpaired) electrons. The number of halogens is 1. The van der Waals surface area contributed by atoms with Crippen molar-refractivity contribution in [3.8, 4) is 0 Å². The van der Waals surface area contributed by atoms with Crippen molar-refractivity contribution in [2.45, 2.75) is 26.5 Å². The van der Waals surface area contributed by atoms with Crippen LogP contribution in [0.15, 0.2) is 30.5 Å². The van der Waals surface area contributed by atoms with Gasteiger partial charge in [-0.25, -0.2) is 0 Å². The number of rotatable bonds is 4. The van der Waals surface area contributed by atoms with Crippen LogP contribution < -0.4 is 0 Å². The highest BCUT2D eigenvalue weighted by Gasteiger charge is 2.01. The van der Waals surface area contributed by atoms with Crippen LogP contribution in [0.4, 0.5) is 0 Å². The Bertz CT molecular complexity index is 476. The van der Waals surface area contributed by atoms with Crippen molar-refractivity contribution in [3.63, 3.8) is 0 Å². The van der Waals surface area contributed by atoms with E-state index in [-0.39, 0.29) is 6.10 Å². The van der Waals surface area contributed by atoms with Crippen LogP contribution in [0.5, 0.6) is 0 Å². The average Bonchev–Trinajstić information content (AvgIpc) is 2.60. The Morgan fingerprint density at radius 1 is 1.31 bits per heavy atom. The minimum Gasteiger partial charge on any atom is -0.377 e. The maximum Gasteiger partial charge on any atom is 0.0649 e. The van der Waals surface area contributed by atoms with Crippen molar-refractivity contribution in [1.82, 2.24) is 4.57 Å². The Morgan fingerprint density at radius 3 is 2.88 bits per heavy atom. The van der Waals surface area contributed by atoms with Gasteiger partial charge in [0.1, 0.15) is 0 Å². The fourth-order valence-electron chi connectivity index (χ4n) is 1.75. The van der Waals surface area contributed by atoms with Gasteiger partial charge in [-0.2, -0.15) is 0 Å². The van der Waals surface area contributed by atoms with Gasteiger partial charge in [-0.1, -0.05) is 11.6 Å². The lowest BCUT2D eigenvalue weighted by atomic mass is 10.2. The molecule has 2 rings (SSSR count). The highest BCUT2D eigenvalue weighted by atomic mass is 35.5. The first-order valence-electron chi connectivity index (χ1n) is 5.53. The molecule has 0 aliphatic rings. The summed E-state index contributed by atoms with van der Waals surface area (Å²) >= 11 is 5.94. The van der Waals surface area contributed by atoms with E-state index < -0.39 is 0 Å². The zero-order valence-electron chi connectivity index (χ0n) is 9.61. The van der Waals surface area contributed by atoms with E-state index in [1.54, 1.807) is 0 Å². The van der Waals surface area contributed by atoms with Gasteiger partial charge < -0.3 is 9.30 Å². The smallest absolute Gasteiger partial charge is 0.0649 e. The predicted molar refractivity (Wildman–Crippen MR) is 68.0 cm³/mol. The molecule has 1 aromatic heterocycles. The third-order valence-electron chi connectivity index (χ3n) is 2.52. The van der Waals surface area contributed by atoms with E-state index in [2.05, 4.69) is 16.8 Å². The van der Waals surface area contributed by atoms with Crippen LogP contribution in [0.3, 0.4) is 0 Å². The lowest BCUT2D eigenvalue weighted by molar-refractivity contribution is 0.0733. The molecule has 2 nitrogen and oxygen atoms in total. The Balaban J connectivity index is 2.13. The Labute approximate surface area is 101 Å². The molecule has 1 heterocycles. The average molecular weight is 238 g/mol. The van der Waals surface area contributed by atoms with Crippen molar-refractivity contribution in [2.75, 3.05) is 6.61 Å². The van der Waals surface area contributed by atoms with Crippen molar-refractivity contribution < 1.29 is 4.74 Å². The van der Waals surface area contributed by atoms with Gasteiger partial charge >= 0.3 is 0 Å². The minimum absolute atomic E-state index is 0.288. The lowest BCUT2D eigenvalue weighted by Gasteiger charge is -2.09. The van der Waals surface area contributed by atoms with E-state index in [9.17, 15) is 0 Å². The molecule has 3 heteroatoms. The summed E-state index contributed by atoms with van der Waals surface area (Å²) in [6.07, 6.45) is 2.36.